The monoisotopic (exact) mass is 754 g/mol. The number of fused-ring (bicyclic) bond motifs is 2. The molecular weight excluding hydrogens is 707 g/mol. The van der Waals surface area contributed by atoms with Gasteiger partial charge in [0.15, 0.2) is 15.5 Å². The third-order valence-corrected chi connectivity index (χ3v) is 14.1. The van der Waals surface area contributed by atoms with E-state index in [2.05, 4.69) is 20.1 Å². The van der Waals surface area contributed by atoms with Crippen molar-refractivity contribution < 1.29 is 36.4 Å². The van der Waals surface area contributed by atoms with Gasteiger partial charge in [-0.15, -0.1) is 10.2 Å². The zero-order chi connectivity index (χ0) is 37.9. The number of likely N-dealkylation sites (tertiary alicyclic amines) is 1. The zero-order valence-corrected chi connectivity index (χ0v) is 31.7. The smallest absolute Gasteiger partial charge is 0.310 e. The molecule has 15 heteroatoms. The maximum Gasteiger partial charge on any atom is 0.310 e. The van der Waals surface area contributed by atoms with Crippen LogP contribution in [0.5, 0.6) is 5.88 Å². The SMILES string of the molecule is Cc1cnc2c(c1)S(=O)(O)(OCCN1CCCCC1)N(Cc1cc([C@@H](c3ccn4c(C(F)F)nnc4c3C)C(C)(C)C(=O)O)ccc1C)CC1(CC1)O2. The number of rotatable bonds is 11. The van der Waals surface area contributed by atoms with Crippen molar-refractivity contribution in [2.45, 2.75) is 96.1 Å². The summed E-state index contributed by atoms with van der Waals surface area (Å²) in [7, 11) is -5.30. The number of nitrogens with zero attached hydrogens (tertiary/aromatic N) is 6. The van der Waals surface area contributed by atoms with Gasteiger partial charge in [-0.3, -0.25) is 17.9 Å². The summed E-state index contributed by atoms with van der Waals surface area (Å²) in [6.07, 6.45) is 4.91. The van der Waals surface area contributed by atoms with Crippen molar-refractivity contribution >= 4 is 21.4 Å². The van der Waals surface area contributed by atoms with E-state index >= 15 is 4.21 Å². The maximum atomic E-state index is 15.7. The number of carbonyl (C=O) groups is 1. The van der Waals surface area contributed by atoms with Crippen LogP contribution in [-0.4, -0.2) is 87.0 Å². The zero-order valence-electron chi connectivity index (χ0n) is 30.8. The molecule has 0 radical (unpaired) electrons. The summed E-state index contributed by atoms with van der Waals surface area (Å²) in [6.45, 7) is 11.1. The molecule has 7 rings (SSSR count). The molecule has 286 valence electrons. The molecule has 3 aliphatic rings. The van der Waals surface area contributed by atoms with Crippen molar-refractivity contribution in [2.24, 2.45) is 5.41 Å². The van der Waals surface area contributed by atoms with Crippen molar-refractivity contribution in [3.05, 3.63) is 81.9 Å². The van der Waals surface area contributed by atoms with Crippen molar-refractivity contribution in [3.63, 3.8) is 0 Å². The Morgan fingerprint density at radius 2 is 1.83 bits per heavy atom. The number of carboxylic acids is 1. The highest BCUT2D eigenvalue weighted by atomic mass is 32.3. The topological polar surface area (TPSA) is 143 Å². The number of piperidine rings is 1. The summed E-state index contributed by atoms with van der Waals surface area (Å²) in [5, 5.41) is 18.3. The fraction of sp³-hybridized carbons (Fsp3) is 0.526. The molecule has 1 atom stereocenters. The first-order chi connectivity index (χ1) is 25.0. The van der Waals surface area contributed by atoms with E-state index in [4.69, 9.17) is 8.92 Å². The van der Waals surface area contributed by atoms with E-state index in [0.717, 1.165) is 31.5 Å². The molecule has 1 aromatic carbocycles. The minimum atomic E-state index is -5.30. The number of aryl methyl sites for hydroxylation is 3. The third-order valence-electron chi connectivity index (χ3n) is 11.3. The Morgan fingerprint density at radius 1 is 1.09 bits per heavy atom. The fourth-order valence-corrected chi connectivity index (χ4v) is 10.3. The predicted octanol–water partition coefficient (Wildman–Crippen LogP) is 6.64. The van der Waals surface area contributed by atoms with E-state index in [9.17, 15) is 23.2 Å². The molecule has 1 saturated carbocycles. The van der Waals surface area contributed by atoms with Crippen LogP contribution >= 0.6 is 0 Å². The molecule has 2 fully saturated rings. The first-order valence-corrected chi connectivity index (χ1v) is 20.0. The molecule has 5 heterocycles. The highest BCUT2D eigenvalue weighted by Gasteiger charge is 2.58. The van der Waals surface area contributed by atoms with Crippen LogP contribution in [0.25, 0.3) is 5.65 Å². The van der Waals surface area contributed by atoms with Crippen LogP contribution < -0.4 is 4.74 Å². The molecule has 0 amide bonds. The van der Waals surface area contributed by atoms with E-state index in [1.807, 2.05) is 32.0 Å². The minimum Gasteiger partial charge on any atom is -0.481 e. The molecule has 4 aromatic rings. The quantitative estimate of drug-likeness (QED) is 0.171. The van der Waals surface area contributed by atoms with E-state index in [0.29, 0.717) is 47.2 Å². The lowest BCUT2D eigenvalue weighted by molar-refractivity contribution is -0.147. The number of benzene rings is 1. The van der Waals surface area contributed by atoms with Gasteiger partial charge in [0.1, 0.15) is 10.5 Å². The Morgan fingerprint density at radius 3 is 2.51 bits per heavy atom. The van der Waals surface area contributed by atoms with Crippen LogP contribution in [0.15, 0.2) is 47.6 Å². The molecular formula is C38H48F2N6O6S. The molecule has 1 spiro atoms. The lowest BCUT2D eigenvalue weighted by Gasteiger charge is -2.45. The maximum absolute atomic E-state index is 15.7. The summed E-state index contributed by atoms with van der Waals surface area (Å²) in [5.74, 6) is -2.22. The summed E-state index contributed by atoms with van der Waals surface area (Å²) in [5.41, 5.74) is 2.08. The predicted molar refractivity (Wildman–Crippen MR) is 194 cm³/mol. The number of alkyl halides is 2. The first-order valence-electron chi connectivity index (χ1n) is 18.2. The summed E-state index contributed by atoms with van der Waals surface area (Å²) < 4.78 is 71.4. The van der Waals surface area contributed by atoms with Gasteiger partial charge in [-0.2, -0.15) is 4.31 Å². The Labute approximate surface area is 308 Å². The van der Waals surface area contributed by atoms with Gasteiger partial charge in [0.2, 0.25) is 11.7 Å². The van der Waals surface area contributed by atoms with Crippen LogP contribution in [0.1, 0.15) is 97.5 Å². The first kappa shape index (κ1) is 37.4. The van der Waals surface area contributed by atoms with Crippen molar-refractivity contribution in [3.8, 4) is 5.88 Å². The number of hydrogen-bond acceptors (Lipinski definition) is 8. The largest absolute Gasteiger partial charge is 0.481 e. The molecule has 0 bridgehead atoms. The standard InChI is InChI=1S/C38H48F2N6O6S/c1-24-19-30-35(41-21-24)52-38(12-13-38)23-45(53(30,49,50)51-18-17-44-14-7-6-8-15-44)22-28-20-27(10-9-25(28)2)31(37(4,5)36(47)48)29-11-16-46-33(26(29)3)42-43-34(46)32(39)40/h9-11,16,19-21,31-32H,6-8,12-15,17-18,22-23H2,1-5H3,(H,47,48)(H,49,50)/t31-/m0/s1. The summed E-state index contributed by atoms with van der Waals surface area (Å²) in [4.78, 5) is 19.6. The van der Waals surface area contributed by atoms with Crippen LogP contribution in [0.4, 0.5) is 8.78 Å². The molecule has 12 nitrogen and oxygen atoms in total. The Kier molecular flexibility index (Phi) is 9.50. The second-order valence-corrected chi connectivity index (χ2v) is 18.3. The van der Waals surface area contributed by atoms with Gasteiger partial charge in [-0.25, -0.2) is 18.0 Å². The number of halogens is 2. The van der Waals surface area contributed by atoms with Gasteiger partial charge in [0.05, 0.1) is 18.6 Å². The molecule has 2 aliphatic heterocycles. The fourth-order valence-electron chi connectivity index (χ4n) is 7.79. The highest BCUT2D eigenvalue weighted by Crippen LogP contribution is 2.53. The number of aliphatic carboxylic acids is 1. The van der Waals surface area contributed by atoms with Gasteiger partial charge in [0, 0.05) is 31.4 Å². The van der Waals surface area contributed by atoms with Crippen LogP contribution in [-0.2, 0) is 25.3 Å². The van der Waals surface area contributed by atoms with Crippen LogP contribution in [0, 0.1) is 26.2 Å². The van der Waals surface area contributed by atoms with Gasteiger partial charge in [-0.05, 0) is 119 Å². The van der Waals surface area contributed by atoms with Gasteiger partial charge in [0.25, 0.3) is 6.43 Å². The number of aromatic nitrogens is 4. The lowest BCUT2D eigenvalue weighted by atomic mass is 9.70. The molecule has 1 saturated heterocycles. The molecule has 3 aromatic heterocycles. The lowest BCUT2D eigenvalue weighted by Crippen LogP contribution is -2.54. The molecule has 2 N–H and O–H groups in total. The molecule has 53 heavy (non-hydrogen) atoms. The van der Waals surface area contributed by atoms with E-state index in [-0.39, 0.29) is 36.1 Å². The molecule has 1 aliphatic carbocycles. The van der Waals surface area contributed by atoms with Crippen LogP contribution in [0.2, 0.25) is 0 Å². The number of ether oxygens (including phenoxy) is 1. The number of hydrogen-bond donors (Lipinski definition) is 2. The molecule has 0 unspecified atom stereocenters. The highest BCUT2D eigenvalue weighted by molar-refractivity contribution is 8.09. The number of carboxylic acid groups (broad SMARTS) is 1. The van der Waals surface area contributed by atoms with Crippen molar-refractivity contribution in [2.75, 3.05) is 32.8 Å². The Balaban J connectivity index is 1.32. The average molecular weight is 755 g/mol. The van der Waals surface area contributed by atoms with Gasteiger partial charge >= 0.3 is 5.97 Å². The van der Waals surface area contributed by atoms with E-state index in [1.165, 1.54) is 21.3 Å². The minimum absolute atomic E-state index is 0.00326. The van der Waals surface area contributed by atoms with Gasteiger partial charge < -0.3 is 14.7 Å². The van der Waals surface area contributed by atoms with Crippen molar-refractivity contribution in [1.82, 2.24) is 28.8 Å². The van der Waals surface area contributed by atoms with Crippen molar-refractivity contribution in [1.29, 1.82) is 0 Å². The Bertz CT molecular complexity index is 2130. The van der Waals surface area contributed by atoms with Gasteiger partial charge in [-0.1, -0.05) is 24.6 Å². The van der Waals surface area contributed by atoms with Crippen LogP contribution in [0.3, 0.4) is 0 Å². The van der Waals surface area contributed by atoms with E-state index < -0.39 is 45.0 Å². The van der Waals surface area contributed by atoms with E-state index in [1.54, 1.807) is 39.1 Å². The number of pyridine rings is 2. The average Bonchev–Trinajstić information content (AvgIpc) is 3.73. The Hall–Kier alpha value is -3.89. The summed E-state index contributed by atoms with van der Waals surface area (Å²) >= 11 is 0. The second-order valence-electron chi connectivity index (χ2n) is 15.5. The second kappa shape index (κ2) is 13.4. The normalized spacial score (nSPS) is 21.0. The summed E-state index contributed by atoms with van der Waals surface area (Å²) in [6, 6.07) is 8.89. The third kappa shape index (κ3) is 6.75.